The molecule has 0 saturated heterocycles. The van der Waals surface area contributed by atoms with Crippen molar-refractivity contribution >= 4 is 41.4 Å². The van der Waals surface area contributed by atoms with Crippen LogP contribution in [0.1, 0.15) is 71.6 Å². The van der Waals surface area contributed by atoms with Crippen LogP contribution in [0.4, 0.5) is 0 Å². The minimum absolute atomic E-state index is 0.501. The number of nitrogens with one attached hydrogen (secondary N) is 3. The lowest BCUT2D eigenvalue weighted by atomic mass is 9.84. The SMILES string of the molecule is CC(=O)N[C@H](C(=O)N[C@@H](CC(N)=O)C(=O)N[C@H](C(=O)O)C(C)OC(C)(C)C)C(C)(C)SC(c1ccccc1)(c1ccccc1)c1ccccc1. The second-order valence-corrected chi connectivity index (χ2v) is 15.5. The first-order valence-corrected chi connectivity index (χ1v) is 17.1. The summed E-state index contributed by atoms with van der Waals surface area (Å²) < 4.78 is 3.79. The zero-order chi connectivity index (χ0) is 37.3. The van der Waals surface area contributed by atoms with Crippen molar-refractivity contribution in [1.82, 2.24) is 16.0 Å². The van der Waals surface area contributed by atoms with Gasteiger partial charge in [-0.05, 0) is 58.2 Å². The number of hydrogen-bond donors (Lipinski definition) is 5. The highest BCUT2D eigenvalue weighted by Crippen LogP contribution is 2.54. The quantitative estimate of drug-likeness (QED) is 0.138. The second-order valence-electron chi connectivity index (χ2n) is 13.6. The Morgan fingerprint density at radius 3 is 1.54 bits per heavy atom. The van der Waals surface area contributed by atoms with Crippen molar-refractivity contribution in [3.05, 3.63) is 108 Å². The van der Waals surface area contributed by atoms with Crippen molar-refractivity contribution in [1.29, 1.82) is 0 Å². The Labute approximate surface area is 298 Å². The molecule has 4 atom stereocenters. The zero-order valence-electron chi connectivity index (χ0n) is 29.6. The zero-order valence-corrected chi connectivity index (χ0v) is 30.4. The van der Waals surface area contributed by atoms with Gasteiger partial charge in [-0.25, -0.2) is 4.79 Å². The van der Waals surface area contributed by atoms with E-state index < -0.39 is 75.3 Å². The van der Waals surface area contributed by atoms with E-state index in [0.717, 1.165) is 16.7 Å². The van der Waals surface area contributed by atoms with E-state index in [1.54, 1.807) is 20.8 Å². The van der Waals surface area contributed by atoms with Crippen LogP contribution in [-0.2, 0) is 33.5 Å². The molecular weight excluding hydrogens is 657 g/mol. The number of hydrogen-bond acceptors (Lipinski definition) is 7. The molecular formula is C38H48N4O7S. The largest absolute Gasteiger partial charge is 0.480 e. The minimum Gasteiger partial charge on any atom is -0.480 e. The van der Waals surface area contributed by atoms with Crippen LogP contribution in [0.15, 0.2) is 91.0 Å². The molecule has 0 saturated carbocycles. The topological polar surface area (TPSA) is 177 Å². The summed E-state index contributed by atoms with van der Waals surface area (Å²) in [5.74, 6) is -4.50. The molecule has 0 aliphatic carbocycles. The highest BCUT2D eigenvalue weighted by atomic mass is 32.2. The molecule has 4 amide bonds. The predicted molar refractivity (Wildman–Crippen MR) is 194 cm³/mol. The molecule has 1 unspecified atom stereocenters. The Hall–Kier alpha value is -4.68. The third-order valence-corrected chi connectivity index (χ3v) is 9.65. The van der Waals surface area contributed by atoms with Crippen LogP contribution in [0, 0.1) is 0 Å². The molecule has 0 radical (unpaired) electrons. The molecule has 50 heavy (non-hydrogen) atoms. The van der Waals surface area contributed by atoms with Crippen molar-refractivity contribution in [3.8, 4) is 0 Å². The van der Waals surface area contributed by atoms with Gasteiger partial charge in [-0.2, -0.15) is 0 Å². The third-order valence-electron chi connectivity index (χ3n) is 7.87. The lowest BCUT2D eigenvalue weighted by molar-refractivity contribution is -0.150. The summed E-state index contributed by atoms with van der Waals surface area (Å²) in [7, 11) is 0. The molecule has 3 aromatic rings. The summed E-state index contributed by atoms with van der Waals surface area (Å²) in [5, 5.41) is 17.6. The molecule has 11 nitrogen and oxygen atoms in total. The lowest BCUT2D eigenvalue weighted by Crippen LogP contribution is -2.62. The van der Waals surface area contributed by atoms with Gasteiger partial charge in [-0.3, -0.25) is 19.2 Å². The summed E-state index contributed by atoms with van der Waals surface area (Å²) in [5.41, 5.74) is 7.53. The summed E-state index contributed by atoms with van der Waals surface area (Å²) >= 11 is 1.44. The molecule has 0 aliphatic rings. The normalized spacial score (nSPS) is 14.4. The number of primary amides is 1. The standard InChI is InChI=1S/C38H48N4O7S/c1-24(49-36(3,4)5)31(35(47)48)42-33(45)29(23-30(39)44)41-34(46)32(40-25(2)43)37(6,7)50-38(26-17-11-8-12-18-26,27-19-13-9-14-20-27)28-21-15-10-16-22-28/h8-22,24,29,31-32H,23H2,1-7H3,(H2,39,44)(H,40,43)(H,41,46)(H,42,45)(H,47,48)/t24?,29-,31-,32+/m0/s1. The predicted octanol–water partition coefficient (Wildman–Crippen LogP) is 4.13. The van der Waals surface area contributed by atoms with Crippen LogP contribution in [0.5, 0.6) is 0 Å². The molecule has 6 N–H and O–H groups in total. The summed E-state index contributed by atoms with van der Waals surface area (Å²) in [4.78, 5) is 64.7. The van der Waals surface area contributed by atoms with Crippen LogP contribution in [0.2, 0.25) is 0 Å². The highest BCUT2D eigenvalue weighted by Gasteiger charge is 2.48. The molecule has 3 aromatic carbocycles. The van der Waals surface area contributed by atoms with Gasteiger partial charge in [0.1, 0.15) is 12.1 Å². The van der Waals surface area contributed by atoms with Gasteiger partial charge in [0.05, 0.1) is 22.9 Å². The van der Waals surface area contributed by atoms with Gasteiger partial charge < -0.3 is 31.5 Å². The fraction of sp³-hybridized carbons (Fsp3) is 0.395. The minimum atomic E-state index is -1.55. The van der Waals surface area contributed by atoms with E-state index in [1.807, 2.05) is 105 Å². The Morgan fingerprint density at radius 2 is 1.18 bits per heavy atom. The Bertz CT molecular complexity index is 1530. The van der Waals surface area contributed by atoms with Crippen molar-refractivity contribution in [2.45, 2.75) is 94.2 Å². The average Bonchev–Trinajstić information content (AvgIpc) is 3.04. The fourth-order valence-corrected chi connectivity index (χ4v) is 7.67. The molecule has 0 spiro atoms. The Balaban J connectivity index is 2.07. The van der Waals surface area contributed by atoms with Gasteiger partial charge in [0.2, 0.25) is 23.6 Å². The van der Waals surface area contributed by atoms with Crippen molar-refractivity contribution in [2.24, 2.45) is 5.73 Å². The second kappa shape index (κ2) is 16.8. The first-order chi connectivity index (χ1) is 23.4. The van der Waals surface area contributed by atoms with Crippen LogP contribution in [0.25, 0.3) is 0 Å². The van der Waals surface area contributed by atoms with E-state index in [1.165, 1.54) is 25.6 Å². The Morgan fingerprint density at radius 1 is 0.740 bits per heavy atom. The first-order valence-electron chi connectivity index (χ1n) is 16.3. The van der Waals surface area contributed by atoms with Gasteiger partial charge in [0.25, 0.3) is 0 Å². The van der Waals surface area contributed by atoms with Gasteiger partial charge in [0, 0.05) is 11.7 Å². The number of nitrogens with two attached hydrogens (primary N) is 1. The van der Waals surface area contributed by atoms with Crippen molar-refractivity contribution < 1.29 is 33.8 Å². The number of aliphatic carboxylic acids is 1. The smallest absolute Gasteiger partial charge is 0.328 e. The van der Waals surface area contributed by atoms with Crippen molar-refractivity contribution in [2.75, 3.05) is 0 Å². The highest BCUT2D eigenvalue weighted by molar-refractivity contribution is 8.02. The number of carboxylic acid groups (broad SMARTS) is 1. The number of benzene rings is 3. The summed E-state index contributed by atoms with van der Waals surface area (Å²) in [6, 6.07) is 25.1. The van der Waals surface area contributed by atoms with Gasteiger partial charge in [0.15, 0.2) is 6.04 Å². The van der Waals surface area contributed by atoms with E-state index in [0.29, 0.717) is 0 Å². The molecule has 0 bridgehead atoms. The van der Waals surface area contributed by atoms with E-state index >= 15 is 0 Å². The number of carbonyl (C=O) groups excluding carboxylic acids is 4. The number of carboxylic acids is 1. The van der Waals surface area contributed by atoms with Gasteiger partial charge >= 0.3 is 5.97 Å². The van der Waals surface area contributed by atoms with E-state index in [9.17, 15) is 29.1 Å². The van der Waals surface area contributed by atoms with E-state index in [4.69, 9.17) is 10.5 Å². The molecule has 268 valence electrons. The molecule has 0 aromatic heterocycles. The molecule has 0 aliphatic heterocycles. The molecule has 3 rings (SSSR count). The molecule has 0 heterocycles. The lowest BCUT2D eigenvalue weighted by Gasteiger charge is -2.44. The number of thioether (sulfide) groups is 1. The van der Waals surface area contributed by atoms with Crippen molar-refractivity contribution in [3.63, 3.8) is 0 Å². The number of amides is 4. The van der Waals surface area contributed by atoms with Crippen LogP contribution in [-0.4, -0.2) is 69.3 Å². The van der Waals surface area contributed by atoms with E-state index in [2.05, 4.69) is 16.0 Å². The molecule has 12 heteroatoms. The van der Waals surface area contributed by atoms with Crippen LogP contribution >= 0.6 is 11.8 Å². The fourth-order valence-electron chi connectivity index (χ4n) is 5.83. The third kappa shape index (κ3) is 10.4. The molecule has 0 fully saturated rings. The number of carbonyl (C=O) groups is 5. The van der Waals surface area contributed by atoms with Crippen LogP contribution in [0.3, 0.4) is 0 Å². The maximum atomic E-state index is 14.2. The van der Waals surface area contributed by atoms with Gasteiger partial charge in [-0.15, -0.1) is 11.8 Å². The number of ether oxygens (including phenoxy) is 1. The van der Waals surface area contributed by atoms with Crippen LogP contribution < -0.4 is 21.7 Å². The maximum Gasteiger partial charge on any atom is 0.328 e. The Kier molecular flexibility index (Phi) is 13.4. The number of rotatable bonds is 16. The summed E-state index contributed by atoms with van der Waals surface area (Å²) in [6.45, 7) is 11.6. The monoisotopic (exact) mass is 704 g/mol. The first kappa shape index (κ1) is 39.8. The average molecular weight is 705 g/mol. The summed E-state index contributed by atoms with van der Waals surface area (Å²) in [6.07, 6.45) is -1.59. The maximum absolute atomic E-state index is 14.2. The van der Waals surface area contributed by atoms with E-state index in [-0.39, 0.29) is 0 Å². The van der Waals surface area contributed by atoms with Gasteiger partial charge in [-0.1, -0.05) is 91.0 Å².